The van der Waals surface area contributed by atoms with Crippen molar-refractivity contribution in [3.63, 3.8) is 0 Å². The average molecular weight is 276 g/mol. The zero-order valence-corrected chi connectivity index (χ0v) is 11.8. The van der Waals surface area contributed by atoms with Gasteiger partial charge in [0.25, 0.3) is 0 Å². The number of methoxy groups -OCH3 is 1. The molecule has 0 aliphatic rings. The molecule has 0 aliphatic carbocycles. The van der Waals surface area contributed by atoms with Gasteiger partial charge < -0.3 is 14.5 Å². The van der Waals surface area contributed by atoms with Crippen molar-refractivity contribution < 1.29 is 9.47 Å². The van der Waals surface area contributed by atoms with Crippen LogP contribution in [0.3, 0.4) is 0 Å². The van der Waals surface area contributed by atoms with Gasteiger partial charge in [-0.25, -0.2) is 4.98 Å². The van der Waals surface area contributed by atoms with Gasteiger partial charge in [-0.15, -0.1) is 0 Å². The second-order valence-corrected chi connectivity index (χ2v) is 4.37. The number of rotatable bonds is 5. The van der Waals surface area contributed by atoms with E-state index in [1.807, 2.05) is 31.2 Å². The molecular weight excluding hydrogens is 260 g/mol. The summed E-state index contributed by atoms with van der Waals surface area (Å²) in [4.78, 5) is 7.57. The first-order chi connectivity index (χ1) is 9.24. The van der Waals surface area contributed by atoms with Crippen molar-refractivity contribution in [3.8, 4) is 17.1 Å². The summed E-state index contributed by atoms with van der Waals surface area (Å²) in [6.07, 6.45) is 0. The molecule has 100 valence electrons. The van der Waals surface area contributed by atoms with Crippen LogP contribution in [-0.2, 0) is 11.3 Å². The molecule has 2 rings (SSSR count). The van der Waals surface area contributed by atoms with Crippen LogP contribution in [0.4, 0.5) is 0 Å². The van der Waals surface area contributed by atoms with Crippen LogP contribution in [0.15, 0.2) is 30.3 Å². The number of aromatic amines is 1. The van der Waals surface area contributed by atoms with Crippen molar-refractivity contribution in [1.29, 1.82) is 0 Å². The third-order valence-corrected chi connectivity index (χ3v) is 2.75. The van der Waals surface area contributed by atoms with Crippen molar-refractivity contribution in [1.82, 2.24) is 9.97 Å². The normalized spacial score (nSPS) is 10.4. The van der Waals surface area contributed by atoms with Crippen LogP contribution in [0.5, 0.6) is 5.75 Å². The lowest BCUT2D eigenvalue weighted by molar-refractivity contribution is 0.181. The second kappa shape index (κ2) is 6.45. The molecular formula is C14H16N2O2S. The van der Waals surface area contributed by atoms with E-state index >= 15 is 0 Å². The summed E-state index contributed by atoms with van der Waals surface area (Å²) in [5.41, 5.74) is 1.79. The Morgan fingerprint density at radius 3 is 2.84 bits per heavy atom. The lowest BCUT2D eigenvalue weighted by atomic mass is 10.2. The van der Waals surface area contributed by atoms with E-state index in [2.05, 4.69) is 9.97 Å². The number of aromatic nitrogens is 2. The Morgan fingerprint density at radius 1 is 1.32 bits per heavy atom. The molecule has 4 nitrogen and oxygen atoms in total. The van der Waals surface area contributed by atoms with Crippen molar-refractivity contribution >= 4 is 12.2 Å². The van der Waals surface area contributed by atoms with Gasteiger partial charge in [0.1, 0.15) is 16.2 Å². The fraction of sp³-hybridized carbons (Fsp3) is 0.286. The third-order valence-electron chi connectivity index (χ3n) is 2.54. The summed E-state index contributed by atoms with van der Waals surface area (Å²) in [6.45, 7) is 3.03. The second-order valence-electron chi connectivity index (χ2n) is 3.96. The minimum Gasteiger partial charge on any atom is -0.493 e. The highest BCUT2D eigenvalue weighted by Crippen LogP contribution is 2.27. The molecule has 1 aromatic heterocycles. The fourth-order valence-electron chi connectivity index (χ4n) is 1.81. The lowest BCUT2D eigenvalue weighted by Crippen LogP contribution is -2.00. The van der Waals surface area contributed by atoms with Gasteiger partial charge in [0.15, 0.2) is 0 Å². The molecule has 0 fully saturated rings. The first-order valence-electron chi connectivity index (χ1n) is 6.06. The molecule has 1 heterocycles. The average Bonchev–Trinajstić information content (AvgIpc) is 2.39. The minimum absolute atomic E-state index is 0.468. The standard InChI is InChI=1S/C14H16N2O2S/c1-3-18-12-7-5-4-6-11(12)14-15-10(9-17-2)8-13(19)16-14/h4-8H,3,9H2,1-2H3,(H,15,16,19). The quantitative estimate of drug-likeness (QED) is 0.851. The fourth-order valence-corrected chi connectivity index (χ4v) is 2.05. The van der Waals surface area contributed by atoms with Crippen molar-refractivity contribution in [3.05, 3.63) is 40.7 Å². The molecule has 5 heteroatoms. The number of hydrogen-bond acceptors (Lipinski definition) is 4. The van der Waals surface area contributed by atoms with E-state index in [0.717, 1.165) is 17.0 Å². The largest absolute Gasteiger partial charge is 0.493 e. The van der Waals surface area contributed by atoms with E-state index in [9.17, 15) is 0 Å². The van der Waals surface area contributed by atoms with Crippen LogP contribution in [-0.4, -0.2) is 23.7 Å². The number of para-hydroxylation sites is 1. The van der Waals surface area contributed by atoms with E-state index in [1.165, 1.54) is 0 Å². The molecule has 0 unspecified atom stereocenters. The van der Waals surface area contributed by atoms with E-state index in [1.54, 1.807) is 13.2 Å². The highest BCUT2D eigenvalue weighted by atomic mass is 32.1. The van der Waals surface area contributed by atoms with Gasteiger partial charge >= 0.3 is 0 Å². The van der Waals surface area contributed by atoms with E-state index in [-0.39, 0.29) is 0 Å². The SMILES string of the molecule is CCOc1ccccc1-c1nc(=S)cc(COC)[nH]1. The lowest BCUT2D eigenvalue weighted by Gasteiger charge is -2.10. The van der Waals surface area contributed by atoms with Crippen LogP contribution in [0.1, 0.15) is 12.6 Å². The molecule has 1 aromatic carbocycles. The van der Waals surface area contributed by atoms with Crippen molar-refractivity contribution in [2.75, 3.05) is 13.7 Å². The first-order valence-corrected chi connectivity index (χ1v) is 6.46. The van der Waals surface area contributed by atoms with Gasteiger partial charge in [-0.3, -0.25) is 0 Å². The molecule has 1 N–H and O–H groups in total. The monoisotopic (exact) mass is 276 g/mol. The Labute approximate surface area is 117 Å². The summed E-state index contributed by atoms with van der Waals surface area (Å²) >= 11 is 5.18. The smallest absolute Gasteiger partial charge is 0.142 e. The molecule has 0 saturated carbocycles. The summed E-state index contributed by atoms with van der Waals surface area (Å²) < 4.78 is 11.3. The zero-order chi connectivity index (χ0) is 13.7. The van der Waals surface area contributed by atoms with Crippen LogP contribution in [0.25, 0.3) is 11.4 Å². The first kappa shape index (κ1) is 13.7. The predicted molar refractivity (Wildman–Crippen MR) is 76.7 cm³/mol. The minimum atomic E-state index is 0.468. The van der Waals surface area contributed by atoms with Crippen LogP contribution < -0.4 is 4.74 Å². The van der Waals surface area contributed by atoms with Crippen LogP contribution in [0.2, 0.25) is 0 Å². The van der Waals surface area contributed by atoms with Gasteiger partial charge in [-0.1, -0.05) is 24.4 Å². The number of nitrogens with one attached hydrogen (secondary N) is 1. The van der Waals surface area contributed by atoms with Gasteiger partial charge in [-0.05, 0) is 25.1 Å². The molecule has 2 aromatic rings. The number of hydrogen-bond donors (Lipinski definition) is 1. The van der Waals surface area contributed by atoms with Crippen molar-refractivity contribution in [2.45, 2.75) is 13.5 Å². The highest BCUT2D eigenvalue weighted by molar-refractivity contribution is 7.71. The van der Waals surface area contributed by atoms with Gasteiger partial charge in [0.05, 0.1) is 18.8 Å². The Hall–Kier alpha value is -1.72. The van der Waals surface area contributed by atoms with Crippen LogP contribution >= 0.6 is 12.2 Å². The third kappa shape index (κ3) is 3.39. The number of benzene rings is 1. The van der Waals surface area contributed by atoms with E-state index in [4.69, 9.17) is 21.7 Å². The Balaban J connectivity index is 2.49. The topological polar surface area (TPSA) is 47.1 Å². The van der Waals surface area contributed by atoms with Crippen molar-refractivity contribution in [2.24, 2.45) is 0 Å². The van der Waals surface area contributed by atoms with Gasteiger partial charge in [0, 0.05) is 12.8 Å². The van der Waals surface area contributed by atoms with Gasteiger partial charge in [-0.2, -0.15) is 0 Å². The van der Waals surface area contributed by atoms with E-state index in [0.29, 0.717) is 23.7 Å². The molecule has 0 atom stereocenters. The summed E-state index contributed by atoms with van der Waals surface area (Å²) in [5.74, 6) is 1.49. The molecule has 19 heavy (non-hydrogen) atoms. The Bertz CT molecular complexity index is 610. The molecule has 0 spiro atoms. The molecule has 0 saturated heterocycles. The van der Waals surface area contributed by atoms with Gasteiger partial charge in [0.2, 0.25) is 0 Å². The molecule has 0 amide bonds. The summed E-state index contributed by atoms with van der Waals surface area (Å²) in [5, 5.41) is 0. The predicted octanol–water partition coefficient (Wildman–Crippen LogP) is 3.35. The maximum Gasteiger partial charge on any atom is 0.142 e. The number of H-pyrrole nitrogens is 1. The number of ether oxygens (including phenoxy) is 2. The van der Waals surface area contributed by atoms with Crippen LogP contribution in [0, 0.1) is 4.64 Å². The van der Waals surface area contributed by atoms with E-state index < -0.39 is 0 Å². The Morgan fingerprint density at radius 2 is 2.11 bits per heavy atom. The molecule has 0 aliphatic heterocycles. The zero-order valence-electron chi connectivity index (χ0n) is 11.0. The molecule has 0 radical (unpaired) electrons. The molecule has 0 bridgehead atoms. The maximum absolute atomic E-state index is 5.61. The summed E-state index contributed by atoms with van der Waals surface area (Å²) in [7, 11) is 1.64. The maximum atomic E-state index is 5.61. The Kier molecular flexibility index (Phi) is 4.65. The highest BCUT2D eigenvalue weighted by Gasteiger charge is 2.08. The number of nitrogens with zero attached hydrogens (tertiary/aromatic N) is 1. The summed E-state index contributed by atoms with van der Waals surface area (Å²) in [6, 6.07) is 9.54.